The lowest BCUT2D eigenvalue weighted by molar-refractivity contribution is 0.180. The zero-order chi connectivity index (χ0) is 20.2. The number of nitrogens with zero attached hydrogens (tertiary/aromatic N) is 2. The lowest BCUT2D eigenvalue weighted by atomic mass is 10.1. The average Bonchev–Trinajstić information content (AvgIpc) is 3.20. The largest absolute Gasteiger partial charge is 0.497 e. The second kappa shape index (κ2) is 14.6. The van der Waals surface area contributed by atoms with Crippen molar-refractivity contribution in [3.05, 3.63) is 40.6 Å². The molecule has 0 unspecified atom stereocenters. The summed E-state index contributed by atoms with van der Waals surface area (Å²) in [7, 11) is 7.35. The zero-order valence-corrected chi connectivity index (χ0v) is 20.9. The Morgan fingerprint density at radius 1 is 1.10 bits per heavy atom. The van der Waals surface area contributed by atoms with Crippen molar-refractivity contribution < 1.29 is 9.47 Å². The molecule has 29 heavy (non-hydrogen) atoms. The van der Waals surface area contributed by atoms with Gasteiger partial charge in [-0.3, -0.25) is 4.99 Å². The molecular weight excluding hydrogens is 499 g/mol. The van der Waals surface area contributed by atoms with Crippen LogP contribution in [0.3, 0.4) is 0 Å². The summed E-state index contributed by atoms with van der Waals surface area (Å²) in [5.74, 6) is 1.70. The first-order valence-electron chi connectivity index (χ1n) is 9.50. The molecule has 2 rings (SSSR count). The molecule has 0 amide bonds. The number of hydrogen-bond acceptors (Lipinski definition) is 5. The maximum Gasteiger partial charge on any atom is 0.191 e. The SMILES string of the molecule is CN=C(NCCN(C)CCCOC)NCc1cc(-c2ccc(OC)cc2)cs1.I. The molecule has 1 aromatic carbocycles. The van der Waals surface area contributed by atoms with Crippen molar-refractivity contribution >= 4 is 41.3 Å². The highest BCUT2D eigenvalue weighted by Gasteiger charge is 2.05. The molecule has 162 valence electrons. The van der Waals surface area contributed by atoms with Crippen LogP contribution >= 0.6 is 35.3 Å². The van der Waals surface area contributed by atoms with E-state index in [1.807, 2.05) is 12.1 Å². The normalized spacial score (nSPS) is 11.3. The summed E-state index contributed by atoms with van der Waals surface area (Å²) in [5.41, 5.74) is 2.42. The lowest BCUT2D eigenvalue weighted by Crippen LogP contribution is -2.40. The Morgan fingerprint density at radius 3 is 2.52 bits per heavy atom. The molecule has 2 aromatic rings. The molecule has 0 fully saturated rings. The van der Waals surface area contributed by atoms with Gasteiger partial charge < -0.3 is 25.0 Å². The summed E-state index contributed by atoms with van der Waals surface area (Å²) in [5, 5.41) is 8.94. The summed E-state index contributed by atoms with van der Waals surface area (Å²) < 4.78 is 10.3. The van der Waals surface area contributed by atoms with E-state index in [1.165, 1.54) is 16.0 Å². The molecule has 0 saturated carbocycles. The van der Waals surface area contributed by atoms with Crippen molar-refractivity contribution in [3.63, 3.8) is 0 Å². The fourth-order valence-corrected chi connectivity index (χ4v) is 3.59. The van der Waals surface area contributed by atoms with Gasteiger partial charge in [0.25, 0.3) is 0 Å². The number of aliphatic imine (C=N–C) groups is 1. The van der Waals surface area contributed by atoms with E-state index in [4.69, 9.17) is 9.47 Å². The minimum absolute atomic E-state index is 0. The van der Waals surface area contributed by atoms with Crippen molar-refractivity contribution in [2.24, 2.45) is 4.99 Å². The third-order valence-electron chi connectivity index (χ3n) is 4.41. The van der Waals surface area contributed by atoms with Crippen LogP contribution in [0.4, 0.5) is 0 Å². The van der Waals surface area contributed by atoms with Crippen molar-refractivity contribution in [2.75, 3.05) is 54.6 Å². The molecule has 0 spiro atoms. The Morgan fingerprint density at radius 2 is 1.86 bits per heavy atom. The molecule has 8 heteroatoms. The smallest absolute Gasteiger partial charge is 0.191 e. The van der Waals surface area contributed by atoms with Gasteiger partial charge in [0.05, 0.1) is 13.7 Å². The van der Waals surface area contributed by atoms with Crippen LogP contribution in [0.15, 0.2) is 40.7 Å². The quantitative estimate of drug-likeness (QED) is 0.200. The molecular formula is C21H33IN4O2S. The van der Waals surface area contributed by atoms with Gasteiger partial charge in [0.15, 0.2) is 5.96 Å². The minimum atomic E-state index is 0. The minimum Gasteiger partial charge on any atom is -0.497 e. The van der Waals surface area contributed by atoms with Crippen molar-refractivity contribution in [1.29, 1.82) is 0 Å². The van der Waals surface area contributed by atoms with Crippen LogP contribution in [0.2, 0.25) is 0 Å². The monoisotopic (exact) mass is 532 g/mol. The molecule has 2 N–H and O–H groups in total. The highest BCUT2D eigenvalue weighted by Crippen LogP contribution is 2.27. The van der Waals surface area contributed by atoms with Crippen LogP contribution in [0.1, 0.15) is 11.3 Å². The Balaban J connectivity index is 0.00000420. The fourth-order valence-electron chi connectivity index (χ4n) is 2.76. The second-order valence-electron chi connectivity index (χ2n) is 6.53. The molecule has 0 bridgehead atoms. The van der Waals surface area contributed by atoms with Crippen LogP contribution in [-0.4, -0.2) is 65.4 Å². The fraction of sp³-hybridized carbons (Fsp3) is 0.476. The topological polar surface area (TPSA) is 58.1 Å². The molecule has 0 atom stereocenters. The first-order valence-corrected chi connectivity index (χ1v) is 10.4. The first-order chi connectivity index (χ1) is 13.7. The van der Waals surface area contributed by atoms with E-state index in [-0.39, 0.29) is 24.0 Å². The molecule has 1 aromatic heterocycles. The van der Waals surface area contributed by atoms with Crippen LogP contribution in [0.25, 0.3) is 11.1 Å². The predicted octanol–water partition coefficient (Wildman–Crippen LogP) is 3.68. The molecule has 0 saturated heterocycles. The summed E-state index contributed by atoms with van der Waals surface area (Å²) in [4.78, 5) is 7.87. The molecule has 1 heterocycles. The van der Waals surface area contributed by atoms with E-state index in [2.05, 4.69) is 51.2 Å². The standard InChI is InChI=1S/C21H32N4O2S.HI/c1-22-21(23-10-12-25(2)11-5-13-26-3)24-15-20-14-18(16-28-20)17-6-8-19(27-4)9-7-17;/h6-9,14,16H,5,10-13,15H2,1-4H3,(H2,22,23,24);1H. The number of methoxy groups -OCH3 is 2. The van der Waals surface area contributed by atoms with Gasteiger partial charge in [0, 0.05) is 45.3 Å². The molecule has 0 aliphatic carbocycles. The van der Waals surface area contributed by atoms with E-state index < -0.39 is 0 Å². The first kappa shape index (κ1) is 25.7. The Bertz CT molecular complexity index is 722. The van der Waals surface area contributed by atoms with Gasteiger partial charge in [-0.2, -0.15) is 0 Å². The summed E-state index contributed by atoms with van der Waals surface area (Å²) in [6, 6.07) is 10.4. The Labute approximate surface area is 195 Å². The van der Waals surface area contributed by atoms with Crippen LogP contribution < -0.4 is 15.4 Å². The Hall–Kier alpha value is -1.36. The van der Waals surface area contributed by atoms with E-state index in [9.17, 15) is 0 Å². The molecule has 0 radical (unpaired) electrons. The van der Waals surface area contributed by atoms with Crippen LogP contribution in [-0.2, 0) is 11.3 Å². The van der Waals surface area contributed by atoms with E-state index in [1.54, 1.807) is 32.6 Å². The number of hydrogen-bond donors (Lipinski definition) is 2. The summed E-state index contributed by atoms with van der Waals surface area (Å²) in [6.45, 7) is 4.41. The lowest BCUT2D eigenvalue weighted by Gasteiger charge is -2.18. The number of halogens is 1. The van der Waals surface area contributed by atoms with Crippen LogP contribution in [0, 0.1) is 0 Å². The molecule has 0 aliphatic rings. The highest BCUT2D eigenvalue weighted by atomic mass is 127. The molecule has 6 nitrogen and oxygen atoms in total. The third kappa shape index (κ3) is 9.33. The van der Waals surface area contributed by atoms with Gasteiger partial charge in [-0.05, 0) is 48.2 Å². The maximum absolute atomic E-state index is 5.22. The zero-order valence-electron chi connectivity index (χ0n) is 17.7. The van der Waals surface area contributed by atoms with E-state index in [0.717, 1.165) is 50.9 Å². The number of benzene rings is 1. The maximum atomic E-state index is 5.22. The highest BCUT2D eigenvalue weighted by molar-refractivity contribution is 14.0. The number of guanidine groups is 1. The summed E-state index contributed by atoms with van der Waals surface area (Å²) >= 11 is 1.75. The van der Waals surface area contributed by atoms with Crippen molar-refractivity contribution in [3.8, 4) is 16.9 Å². The summed E-state index contributed by atoms with van der Waals surface area (Å²) in [6.07, 6.45) is 1.05. The average molecular weight is 532 g/mol. The van der Waals surface area contributed by atoms with Gasteiger partial charge in [-0.1, -0.05) is 12.1 Å². The van der Waals surface area contributed by atoms with Crippen molar-refractivity contribution in [2.45, 2.75) is 13.0 Å². The van der Waals surface area contributed by atoms with Gasteiger partial charge in [0.2, 0.25) is 0 Å². The molecule has 0 aliphatic heterocycles. The van der Waals surface area contributed by atoms with Gasteiger partial charge in [-0.15, -0.1) is 35.3 Å². The van der Waals surface area contributed by atoms with Crippen molar-refractivity contribution in [1.82, 2.24) is 15.5 Å². The number of ether oxygens (including phenoxy) is 2. The second-order valence-corrected chi connectivity index (χ2v) is 7.53. The van der Waals surface area contributed by atoms with Gasteiger partial charge >= 0.3 is 0 Å². The van der Waals surface area contributed by atoms with Gasteiger partial charge in [0.1, 0.15) is 5.75 Å². The van der Waals surface area contributed by atoms with E-state index in [0.29, 0.717) is 0 Å². The third-order valence-corrected chi connectivity index (χ3v) is 5.34. The van der Waals surface area contributed by atoms with Crippen LogP contribution in [0.5, 0.6) is 5.75 Å². The Kier molecular flexibility index (Phi) is 12.9. The number of thiophene rings is 1. The predicted molar refractivity (Wildman–Crippen MR) is 134 cm³/mol. The van der Waals surface area contributed by atoms with E-state index >= 15 is 0 Å². The number of nitrogens with one attached hydrogen (secondary N) is 2. The number of rotatable bonds is 11. The number of likely N-dealkylation sites (N-methyl/N-ethyl adjacent to an activating group) is 1. The van der Waals surface area contributed by atoms with Gasteiger partial charge in [-0.25, -0.2) is 0 Å².